The zero-order chi connectivity index (χ0) is 45.8. The van der Waals surface area contributed by atoms with Crippen LogP contribution in [-0.4, -0.2) is 60.8 Å². The van der Waals surface area contributed by atoms with E-state index in [9.17, 15) is 51.8 Å². The van der Waals surface area contributed by atoms with Gasteiger partial charge in [-0.15, -0.1) is 0 Å². The van der Waals surface area contributed by atoms with Crippen LogP contribution in [0.25, 0.3) is 90.8 Å². The van der Waals surface area contributed by atoms with Crippen LogP contribution < -0.4 is 0 Å². The number of H-pyrrole nitrogens is 2. The van der Waals surface area contributed by atoms with Crippen LogP contribution in [0.15, 0.2) is 97.0 Å². The molecule has 0 atom stereocenters. The van der Waals surface area contributed by atoms with Crippen molar-refractivity contribution in [3.05, 3.63) is 120 Å². The molecule has 2 aliphatic rings. The van der Waals surface area contributed by atoms with Gasteiger partial charge in [0.25, 0.3) is 0 Å². The van der Waals surface area contributed by atoms with E-state index in [4.69, 9.17) is 9.97 Å². The van der Waals surface area contributed by atoms with Crippen molar-refractivity contribution < 1.29 is 51.8 Å². The molecule has 0 unspecified atom stereocenters. The van der Waals surface area contributed by atoms with E-state index in [1.165, 1.54) is 24.3 Å². The Balaban J connectivity index is 1.63. The summed E-state index contributed by atoms with van der Waals surface area (Å²) in [5.74, 6) is -4.65. The summed E-state index contributed by atoms with van der Waals surface area (Å²) >= 11 is 0. The second-order valence-corrected chi connectivity index (χ2v) is 12.7. The number of nitrogens with one attached hydrogen (secondary N) is 2. The Kier molecular flexibility index (Phi) is 5.88. The van der Waals surface area contributed by atoms with E-state index in [2.05, 4.69) is 9.97 Å². The molecule has 10 N–H and O–H groups in total. The van der Waals surface area contributed by atoms with Crippen molar-refractivity contribution >= 4 is 46.3 Å². The molecule has 9 rings (SSSR count). The zero-order valence-corrected chi connectivity index (χ0v) is 28.4. The predicted octanol–water partition coefficient (Wildman–Crippen LogP) is 8.97. The Morgan fingerprint density at radius 3 is 0.786 bits per heavy atom. The predicted molar refractivity (Wildman–Crippen MR) is 214 cm³/mol. The molecule has 0 saturated heterocycles. The van der Waals surface area contributed by atoms with E-state index in [0.717, 1.165) is 48.5 Å². The molecule has 0 spiro atoms. The SMILES string of the molecule is [2H]C1=C([2H])c2nc1c(-c1ccc(O)c(O)c1)c1[nH]c(c([2H])c1[2H])c(-c1ccc(O)c(O)c1)c1nc(c(-c3ccc(O)c(O)c3)c3[nH]c(c([2H])c3[2H])c2-c2ccc(O)c(O)c2)C([2H])=C1[2H]. The fourth-order valence-electron chi connectivity index (χ4n) is 6.48. The zero-order valence-electron chi connectivity index (χ0n) is 36.4. The first-order valence-corrected chi connectivity index (χ1v) is 16.6. The highest BCUT2D eigenvalue weighted by atomic mass is 16.3. The number of phenolic OH excluding ortho intramolecular Hbond substituents is 8. The van der Waals surface area contributed by atoms with Gasteiger partial charge in [-0.1, -0.05) is 24.3 Å². The van der Waals surface area contributed by atoms with E-state index < -0.39 is 94.4 Å². The Morgan fingerprint density at radius 1 is 0.339 bits per heavy atom. The number of aromatic amines is 2. The van der Waals surface area contributed by atoms with Crippen LogP contribution in [-0.2, 0) is 0 Å². The number of rotatable bonds is 4. The Bertz CT molecular complexity index is 3050. The standard InChI is InChI=1S/C44H30N4O8/c49-33-13-1-21(17-37(33)53)41-25-5-7-27(45-25)42(22-2-14-34(50)38(54)18-22)29-9-11-31(47-29)44(24-4-16-36(52)40(56)20-24)32-12-10-30(48-32)43(28-8-6-26(41)46-28)23-3-15-35(51)39(55)19-23/h1-20,45,48-56H/i5D,6D,7D,8D,9D,10D,11D,12D. The van der Waals surface area contributed by atoms with Gasteiger partial charge in [-0.3, -0.25) is 0 Å². The molecule has 12 nitrogen and oxygen atoms in total. The highest BCUT2D eigenvalue weighted by Gasteiger charge is 2.21. The van der Waals surface area contributed by atoms with Gasteiger partial charge in [-0.05, 0) is 119 Å². The number of fused-ring (bicyclic) bond motifs is 8. The van der Waals surface area contributed by atoms with Gasteiger partial charge in [0.1, 0.15) is 0 Å². The van der Waals surface area contributed by atoms with Crippen molar-refractivity contribution in [1.82, 2.24) is 19.9 Å². The van der Waals surface area contributed by atoms with Gasteiger partial charge in [0.15, 0.2) is 46.0 Å². The van der Waals surface area contributed by atoms with Crippen molar-refractivity contribution in [1.29, 1.82) is 0 Å². The summed E-state index contributed by atoms with van der Waals surface area (Å²) in [5.41, 5.74) is -2.90. The number of aromatic hydroxyl groups is 8. The summed E-state index contributed by atoms with van der Waals surface area (Å²) in [4.78, 5) is 15.5. The molecule has 8 bridgehead atoms. The third-order valence-electron chi connectivity index (χ3n) is 9.17. The normalized spacial score (nSPS) is 14.7. The second-order valence-electron chi connectivity index (χ2n) is 12.7. The molecule has 0 saturated carbocycles. The molecule has 0 fully saturated rings. The molecule has 2 aliphatic heterocycles. The minimum Gasteiger partial charge on any atom is -0.504 e. The number of benzene rings is 4. The molecule has 12 heteroatoms. The Morgan fingerprint density at radius 2 is 0.571 bits per heavy atom. The minimum absolute atomic E-state index is 0.0134. The van der Waals surface area contributed by atoms with Crippen LogP contribution in [0.4, 0.5) is 0 Å². The monoisotopic (exact) mass is 750 g/mol. The molecule has 274 valence electrons. The maximum absolute atomic E-state index is 10.7. The number of aromatic nitrogens is 4. The highest BCUT2D eigenvalue weighted by Crippen LogP contribution is 2.42. The Hall–Kier alpha value is -8.12. The fraction of sp³-hybridized carbons (Fsp3) is 0. The van der Waals surface area contributed by atoms with Gasteiger partial charge in [-0.25, -0.2) is 9.97 Å². The quantitative estimate of drug-likeness (QED) is 0.0770. The lowest BCUT2D eigenvalue weighted by Gasteiger charge is -2.08. The number of phenols is 8. The fourth-order valence-corrected chi connectivity index (χ4v) is 6.48. The minimum atomic E-state index is -0.630. The van der Waals surface area contributed by atoms with E-state index in [1.807, 2.05) is 0 Å². The highest BCUT2D eigenvalue weighted by molar-refractivity contribution is 6.00. The summed E-state index contributed by atoms with van der Waals surface area (Å²) < 4.78 is 74.7. The molecule has 7 aromatic rings. The molecule has 0 amide bonds. The molecule has 0 aliphatic carbocycles. The smallest absolute Gasteiger partial charge is 0.158 e. The number of nitrogens with zero attached hydrogens (tertiary/aromatic N) is 2. The van der Waals surface area contributed by atoms with Crippen LogP contribution in [0.5, 0.6) is 46.0 Å². The van der Waals surface area contributed by atoms with Gasteiger partial charge < -0.3 is 50.8 Å². The van der Waals surface area contributed by atoms with E-state index >= 15 is 0 Å². The lowest BCUT2D eigenvalue weighted by atomic mass is 10.0. The second kappa shape index (κ2) is 12.8. The van der Waals surface area contributed by atoms with Crippen molar-refractivity contribution in [2.24, 2.45) is 0 Å². The van der Waals surface area contributed by atoms with Crippen molar-refractivity contribution in [2.45, 2.75) is 0 Å². The van der Waals surface area contributed by atoms with Crippen molar-refractivity contribution in [3.63, 3.8) is 0 Å². The largest absolute Gasteiger partial charge is 0.504 e. The maximum atomic E-state index is 10.7. The molecular weight excluding hydrogens is 713 g/mol. The molecule has 56 heavy (non-hydrogen) atoms. The van der Waals surface area contributed by atoms with Crippen molar-refractivity contribution in [3.8, 4) is 90.5 Å². The summed E-state index contributed by atoms with van der Waals surface area (Å²) in [6.07, 6.45) is 0. The molecule has 0 radical (unpaired) electrons. The lowest BCUT2D eigenvalue weighted by molar-refractivity contribution is 0.404. The first-order chi connectivity index (χ1) is 30.4. The van der Waals surface area contributed by atoms with Crippen LogP contribution >= 0.6 is 0 Å². The summed E-state index contributed by atoms with van der Waals surface area (Å²) in [5, 5.41) is 84.1. The Labute approximate surface area is 328 Å². The molecular formula is C44H30N4O8. The molecule has 3 aromatic heterocycles. The van der Waals surface area contributed by atoms with E-state index in [0.29, 0.717) is 0 Å². The third-order valence-corrected chi connectivity index (χ3v) is 9.17. The van der Waals surface area contributed by atoms with Crippen LogP contribution in [0, 0.1) is 0 Å². The average molecular weight is 751 g/mol. The van der Waals surface area contributed by atoms with Crippen molar-refractivity contribution in [2.75, 3.05) is 0 Å². The molecule has 4 aromatic carbocycles. The maximum Gasteiger partial charge on any atom is 0.158 e. The van der Waals surface area contributed by atoms with Gasteiger partial charge in [0, 0.05) is 44.3 Å². The third kappa shape index (κ3) is 5.65. The average Bonchev–Trinajstić information content (AvgIpc) is 3.92. The first kappa shape index (κ1) is 25.8. The number of hydrogen-bond acceptors (Lipinski definition) is 10. The molecule has 5 heterocycles. The summed E-state index contributed by atoms with van der Waals surface area (Å²) in [6.45, 7) is 0. The first-order valence-electron chi connectivity index (χ1n) is 20.6. The van der Waals surface area contributed by atoms with Crippen LogP contribution in [0.2, 0.25) is 0 Å². The number of hydrogen-bond donors (Lipinski definition) is 10. The van der Waals surface area contributed by atoms with Crippen LogP contribution in [0.3, 0.4) is 0 Å². The lowest BCUT2D eigenvalue weighted by Crippen LogP contribution is -1.90. The summed E-state index contributed by atoms with van der Waals surface area (Å²) in [7, 11) is 0. The van der Waals surface area contributed by atoms with E-state index in [-0.39, 0.29) is 89.4 Å². The van der Waals surface area contributed by atoms with Gasteiger partial charge in [0.05, 0.1) is 33.7 Å². The van der Waals surface area contributed by atoms with Gasteiger partial charge >= 0.3 is 0 Å². The van der Waals surface area contributed by atoms with Crippen LogP contribution in [0.1, 0.15) is 33.7 Å². The van der Waals surface area contributed by atoms with Gasteiger partial charge in [-0.2, -0.15) is 0 Å². The van der Waals surface area contributed by atoms with Gasteiger partial charge in [0.2, 0.25) is 0 Å². The summed E-state index contributed by atoms with van der Waals surface area (Å²) in [6, 6.07) is 9.60. The van der Waals surface area contributed by atoms with E-state index in [1.54, 1.807) is 0 Å². The topological polar surface area (TPSA) is 219 Å².